The second kappa shape index (κ2) is 7.93. The quantitative estimate of drug-likeness (QED) is 0.221. The second-order valence-corrected chi connectivity index (χ2v) is 11.0. The van der Waals surface area contributed by atoms with Crippen molar-refractivity contribution < 1.29 is 0 Å². The first-order valence-corrected chi connectivity index (χ1v) is 14.3. The number of nitrogens with zero attached hydrogens (tertiary/aromatic N) is 4. The molecule has 0 atom stereocenters. The van der Waals surface area contributed by atoms with Crippen LogP contribution < -0.4 is 0 Å². The molecule has 10 rings (SSSR count). The van der Waals surface area contributed by atoms with Gasteiger partial charge in [-0.2, -0.15) is 0 Å². The van der Waals surface area contributed by atoms with E-state index in [0.29, 0.717) is 0 Å². The van der Waals surface area contributed by atoms with Gasteiger partial charge >= 0.3 is 0 Å². The van der Waals surface area contributed by atoms with E-state index in [2.05, 4.69) is 124 Å². The van der Waals surface area contributed by atoms with E-state index in [9.17, 15) is 0 Å². The van der Waals surface area contributed by atoms with Crippen LogP contribution in [0.2, 0.25) is 0 Å². The molecule has 0 N–H and O–H groups in total. The predicted octanol–water partition coefficient (Wildman–Crippen LogP) is 9.54. The molecule has 0 unspecified atom stereocenters. The number of benzene rings is 5. The molecular weight excluding hydrogens is 512 g/mol. The summed E-state index contributed by atoms with van der Waals surface area (Å²) in [5.74, 6) is 0.869. The Morgan fingerprint density at radius 1 is 0.476 bits per heavy atom. The highest BCUT2D eigenvalue weighted by Gasteiger charge is 2.23. The number of rotatable bonds is 2. The SMILES string of the molecule is c1ccc(-c2nc(-n3c4cccc5c6ccccc6n6c7ccccc7c7ccc3c(c54)c76)cc3ncccc23)cc1. The van der Waals surface area contributed by atoms with Crippen molar-refractivity contribution in [2.45, 2.75) is 0 Å². The van der Waals surface area contributed by atoms with Crippen LogP contribution in [0.15, 0.2) is 134 Å². The Labute approximate surface area is 240 Å². The number of hydrogen-bond donors (Lipinski definition) is 0. The van der Waals surface area contributed by atoms with Gasteiger partial charge < -0.3 is 4.40 Å². The molecule has 0 saturated heterocycles. The van der Waals surface area contributed by atoms with Crippen LogP contribution >= 0.6 is 0 Å². The Balaban J connectivity index is 1.46. The smallest absolute Gasteiger partial charge is 0.140 e. The molecule has 0 spiro atoms. The van der Waals surface area contributed by atoms with Crippen LogP contribution in [0.1, 0.15) is 0 Å². The molecule has 194 valence electrons. The van der Waals surface area contributed by atoms with E-state index in [0.717, 1.165) is 39.0 Å². The minimum absolute atomic E-state index is 0.869. The van der Waals surface area contributed by atoms with Crippen molar-refractivity contribution in [3.05, 3.63) is 134 Å². The van der Waals surface area contributed by atoms with Crippen molar-refractivity contribution in [1.82, 2.24) is 18.9 Å². The lowest BCUT2D eigenvalue weighted by Crippen LogP contribution is -2.00. The standard InChI is InChI=1S/C38H22N4/c1-2-10-23(11-3-1)37-28-15-9-21-39-29(28)22-34(40-37)41-32-18-8-14-26-24-12-4-6-16-30(24)42-31-17-7-5-13-25(31)27-19-20-33(41)36(35(26)32)38(27)42/h1-22H. The molecule has 5 aromatic carbocycles. The van der Waals surface area contributed by atoms with E-state index in [4.69, 9.17) is 9.97 Å². The Morgan fingerprint density at radius 2 is 1.14 bits per heavy atom. The van der Waals surface area contributed by atoms with Gasteiger partial charge in [-0.05, 0) is 41.8 Å². The Kier molecular flexibility index (Phi) is 4.15. The van der Waals surface area contributed by atoms with Gasteiger partial charge in [0.2, 0.25) is 0 Å². The number of pyridine rings is 2. The van der Waals surface area contributed by atoms with Gasteiger partial charge in [-0.1, -0.05) is 84.9 Å². The summed E-state index contributed by atoms with van der Waals surface area (Å²) in [6.07, 6.45) is 1.86. The van der Waals surface area contributed by atoms with Crippen molar-refractivity contribution in [3.63, 3.8) is 0 Å². The minimum atomic E-state index is 0.869. The lowest BCUT2D eigenvalue weighted by atomic mass is 10.0. The molecule has 0 aliphatic heterocycles. The fourth-order valence-corrected chi connectivity index (χ4v) is 7.21. The van der Waals surface area contributed by atoms with Crippen LogP contribution in [0.5, 0.6) is 0 Å². The summed E-state index contributed by atoms with van der Waals surface area (Å²) in [6, 6.07) is 45.5. The van der Waals surface area contributed by atoms with Gasteiger partial charge in [0.25, 0.3) is 0 Å². The van der Waals surface area contributed by atoms with E-state index < -0.39 is 0 Å². The first-order valence-electron chi connectivity index (χ1n) is 14.3. The number of aromatic nitrogens is 4. The van der Waals surface area contributed by atoms with Crippen molar-refractivity contribution in [3.8, 4) is 17.1 Å². The van der Waals surface area contributed by atoms with Gasteiger partial charge in [0.1, 0.15) is 5.82 Å². The molecule has 5 aromatic heterocycles. The summed E-state index contributed by atoms with van der Waals surface area (Å²) in [5, 5.41) is 8.58. The first kappa shape index (κ1) is 22.0. The van der Waals surface area contributed by atoms with E-state index >= 15 is 0 Å². The molecule has 0 aliphatic carbocycles. The van der Waals surface area contributed by atoms with E-state index in [1.54, 1.807) is 0 Å². The zero-order chi connectivity index (χ0) is 27.4. The fraction of sp³-hybridized carbons (Fsp3) is 0. The maximum Gasteiger partial charge on any atom is 0.140 e. The van der Waals surface area contributed by atoms with E-state index in [1.807, 2.05) is 18.3 Å². The predicted molar refractivity (Wildman–Crippen MR) is 174 cm³/mol. The summed E-state index contributed by atoms with van der Waals surface area (Å²) in [4.78, 5) is 10.2. The lowest BCUT2D eigenvalue weighted by molar-refractivity contribution is 1.09. The number of hydrogen-bond acceptors (Lipinski definition) is 2. The van der Waals surface area contributed by atoms with Crippen LogP contribution in [-0.2, 0) is 0 Å². The average molecular weight is 535 g/mol. The molecule has 0 bridgehead atoms. The molecule has 0 radical (unpaired) electrons. The van der Waals surface area contributed by atoms with Gasteiger partial charge in [0.15, 0.2) is 0 Å². The van der Waals surface area contributed by atoms with Crippen LogP contribution in [-0.4, -0.2) is 18.9 Å². The van der Waals surface area contributed by atoms with Crippen molar-refractivity contribution in [2.24, 2.45) is 0 Å². The van der Waals surface area contributed by atoms with Crippen molar-refractivity contribution in [1.29, 1.82) is 0 Å². The summed E-state index contributed by atoms with van der Waals surface area (Å²) in [5.41, 5.74) is 8.92. The molecule has 42 heavy (non-hydrogen) atoms. The Hall–Kier alpha value is -5.74. The van der Waals surface area contributed by atoms with Gasteiger partial charge in [0, 0.05) is 50.1 Å². The molecule has 4 nitrogen and oxygen atoms in total. The summed E-state index contributed by atoms with van der Waals surface area (Å²) in [6.45, 7) is 0. The molecule has 4 heteroatoms. The lowest BCUT2D eigenvalue weighted by Gasteiger charge is -2.12. The van der Waals surface area contributed by atoms with Gasteiger partial charge in [-0.3, -0.25) is 9.55 Å². The largest absolute Gasteiger partial charge is 0.308 e. The topological polar surface area (TPSA) is 35.1 Å². The molecule has 10 aromatic rings. The van der Waals surface area contributed by atoms with E-state index in [-0.39, 0.29) is 0 Å². The second-order valence-electron chi connectivity index (χ2n) is 11.0. The Bertz CT molecular complexity index is 2680. The maximum absolute atomic E-state index is 5.37. The zero-order valence-corrected chi connectivity index (χ0v) is 22.5. The third-order valence-electron chi connectivity index (χ3n) is 8.89. The van der Waals surface area contributed by atoms with Gasteiger partial charge in [0.05, 0.1) is 38.8 Å². The molecular formula is C38H22N4. The van der Waals surface area contributed by atoms with Crippen LogP contribution in [0.3, 0.4) is 0 Å². The van der Waals surface area contributed by atoms with Crippen LogP contribution in [0.4, 0.5) is 0 Å². The number of fused-ring (bicyclic) bond motifs is 7. The third-order valence-corrected chi connectivity index (χ3v) is 8.89. The monoisotopic (exact) mass is 534 g/mol. The van der Waals surface area contributed by atoms with Crippen molar-refractivity contribution >= 4 is 70.8 Å². The highest BCUT2D eigenvalue weighted by molar-refractivity contribution is 6.33. The minimum Gasteiger partial charge on any atom is -0.308 e. The molecule has 0 amide bonds. The summed E-state index contributed by atoms with van der Waals surface area (Å²) < 4.78 is 4.81. The number of para-hydroxylation sites is 2. The normalized spacial score (nSPS) is 12.3. The maximum atomic E-state index is 5.37. The van der Waals surface area contributed by atoms with Gasteiger partial charge in [-0.25, -0.2) is 4.98 Å². The first-order chi connectivity index (χ1) is 20.9. The summed E-state index contributed by atoms with van der Waals surface area (Å²) in [7, 11) is 0. The highest BCUT2D eigenvalue weighted by atomic mass is 15.1. The summed E-state index contributed by atoms with van der Waals surface area (Å²) >= 11 is 0. The van der Waals surface area contributed by atoms with E-state index in [1.165, 1.54) is 48.9 Å². The van der Waals surface area contributed by atoms with Crippen molar-refractivity contribution in [2.75, 3.05) is 0 Å². The Morgan fingerprint density at radius 3 is 1.98 bits per heavy atom. The van der Waals surface area contributed by atoms with Crippen LogP contribution in [0.25, 0.3) is 87.9 Å². The third kappa shape index (κ3) is 2.71. The molecule has 0 fully saturated rings. The molecule has 0 saturated carbocycles. The van der Waals surface area contributed by atoms with Crippen LogP contribution in [0, 0.1) is 0 Å². The highest BCUT2D eigenvalue weighted by Crippen LogP contribution is 2.45. The zero-order valence-electron chi connectivity index (χ0n) is 22.5. The average Bonchev–Trinajstić information content (AvgIpc) is 3.53. The fourth-order valence-electron chi connectivity index (χ4n) is 7.21. The van der Waals surface area contributed by atoms with Gasteiger partial charge in [-0.15, -0.1) is 0 Å². The molecule has 0 aliphatic rings. The molecule has 5 heterocycles.